The van der Waals surface area contributed by atoms with Crippen molar-refractivity contribution in [1.29, 1.82) is 0 Å². The van der Waals surface area contributed by atoms with Crippen LogP contribution in [-0.4, -0.2) is 13.4 Å². The maximum atomic E-state index is 12.2. The van der Waals surface area contributed by atoms with Crippen LogP contribution in [0.2, 0.25) is 0 Å². The predicted molar refractivity (Wildman–Crippen MR) is 40.6 cm³/mol. The highest BCUT2D eigenvalue weighted by Crippen LogP contribution is 2.23. The van der Waals surface area contributed by atoms with Crippen LogP contribution >= 0.6 is 0 Å². The second-order valence-corrected chi connectivity index (χ2v) is 3.79. The number of primary sulfonamides is 1. The van der Waals surface area contributed by atoms with Crippen LogP contribution in [0.4, 0.5) is 8.78 Å². The van der Waals surface area contributed by atoms with Crippen LogP contribution in [0.3, 0.4) is 0 Å². The van der Waals surface area contributed by atoms with E-state index in [0.717, 1.165) is 18.5 Å². The summed E-state index contributed by atoms with van der Waals surface area (Å²) in [7, 11) is -4.10. The zero-order chi connectivity index (χ0) is 10.1. The molecule has 1 aromatic rings. The Morgan fingerprint density at radius 1 is 1.46 bits per heavy atom. The summed E-state index contributed by atoms with van der Waals surface area (Å²) in [5.41, 5.74) is -0.676. The lowest BCUT2D eigenvalue weighted by Crippen LogP contribution is -2.14. The van der Waals surface area contributed by atoms with Crippen molar-refractivity contribution in [3.05, 3.63) is 24.0 Å². The Morgan fingerprint density at radius 2 is 2.08 bits per heavy atom. The molecule has 0 aromatic carbocycles. The molecule has 0 radical (unpaired) electrons. The van der Waals surface area contributed by atoms with Gasteiger partial charge >= 0.3 is 0 Å². The van der Waals surface area contributed by atoms with Crippen LogP contribution in [0.25, 0.3) is 0 Å². The maximum Gasteiger partial charge on any atom is 0.266 e. The molecule has 0 aliphatic carbocycles. The van der Waals surface area contributed by atoms with Crippen LogP contribution < -0.4 is 5.14 Å². The molecule has 0 fully saturated rings. The molecule has 13 heavy (non-hydrogen) atoms. The van der Waals surface area contributed by atoms with Crippen molar-refractivity contribution in [2.24, 2.45) is 5.14 Å². The third kappa shape index (κ3) is 2.19. The van der Waals surface area contributed by atoms with E-state index >= 15 is 0 Å². The SMILES string of the molecule is NS(=O)(=O)c1ccncc1C(F)F. The molecule has 0 amide bonds. The summed E-state index contributed by atoms with van der Waals surface area (Å²) in [5, 5.41) is 4.71. The fraction of sp³-hybridized carbons (Fsp3) is 0.167. The van der Waals surface area contributed by atoms with Crippen molar-refractivity contribution in [2.75, 3.05) is 0 Å². The quantitative estimate of drug-likeness (QED) is 0.776. The van der Waals surface area contributed by atoms with Gasteiger partial charge in [-0.25, -0.2) is 22.3 Å². The average molecular weight is 208 g/mol. The van der Waals surface area contributed by atoms with E-state index in [1.807, 2.05) is 0 Å². The molecular weight excluding hydrogens is 202 g/mol. The first-order valence-corrected chi connectivity index (χ1v) is 4.72. The van der Waals surface area contributed by atoms with Gasteiger partial charge in [-0.1, -0.05) is 0 Å². The maximum absolute atomic E-state index is 12.2. The van der Waals surface area contributed by atoms with E-state index in [0.29, 0.717) is 0 Å². The molecule has 0 spiro atoms. The third-order valence-corrected chi connectivity index (χ3v) is 2.34. The highest BCUT2D eigenvalue weighted by molar-refractivity contribution is 7.89. The molecule has 1 aromatic heterocycles. The molecule has 7 heteroatoms. The molecule has 0 saturated carbocycles. The van der Waals surface area contributed by atoms with Crippen molar-refractivity contribution in [1.82, 2.24) is 4.98 Å². The summed E-state index contributed by atoms with van der Waals surface area (Å²) in [6.45, 7) is 0. The smallest absolute Gasteiger partial charge is 0.264 e. The summed E-state index contributed by atoms with van der Waals surface area (Å²) in [5.74, 6) is 0. The lowest BCUT2D eigenvalue weighted by Gasteiger charge is -2.04. The van der Waals surface area contributed by atoms with E-state index < -0.39 is 26.9 Å². The van der Waals surface area contributed by atoms with E-state index in [1.165, 1.54) is 0 Å². The van der Waals surface area contributed by atoms with Crippen molar-refractivity contribution in [3.63, 3.8) is 0 Å². The minimum absolute atomic E-state index is 0.586. The number of hydrogen-bond donors (Lipinski definition) is 1. The molecule has 0 aliphatic rings. The summed E-state index contributed by atoms with van der Waals surface area (Å²) in [4.78, 5) is 2.79. The lowest BCUT2D eigenvalue weighted by molar-refractivity contribution is 0.147. The number of pyridine rings is 1. The molecule has 2 N–H and O–H groups in total. The number of sulfonamides is 1. The largest absolute Gasteiger partial charge is 0.266 e. The Labute approximate surface area is 73.4 Å². The second-order valence-electron chi connectivity index (χ2n) is 2.26. The molecule has 0 atom stereocenters. The summed E-state index contributed by atoms with van der Waals surface area (Å²) < 4.78 is 45.9. The van der Waals surface area contributed by atoms with Gasteiger partial charge in [0, 0.05) is 12.4 Å². The number of alkyl halides is 2. The first kappa shape index (κ1) is 10.0. The summed E-state index contributed by atoms with van der Waals surface area (Å²) >= 11 is 0. The molecule has 1 rings (SSSR count). The van der Waals surface area contributed by atoms with Crippen molar-refractivity contribution >= 4 is 10.0 Å². The lowest BCUT2D eigenvalue weighted by atomic mass is 10.3. The average Bonchev–Trinajstić information content (AvgIpc) is 2.03. The number of nitrogens with two attached hydrogens (primary N) is 1. The third-order valence-electron chi connectivity index (χ3n) is 1.35. The van der Waals surface area contributed by atoms with Gasteiger partial charge in [-0.05, 0) is 6.07 Å². The van der Waals surface area contributed by atoms with Gasteiger partial charge in [0.2, 0.25) is 10.0 Å². The zero-order valence-electron chi connectivity index (χ0n) is 6.31. The number of hydrogen-bond acceptors (Lipinski definition) is 3. The molecule has 0 aliphatic heterocycles. The van der Waals surface area contributed by atoms with Crippen LogP contribution in [0, 0.1) is 0 Å². The van der Waals surface area contributed by atoms with Gasteiger partial charge < -0.3 is 0 Å². The molecule has 72 valence electrons. The van der Waals surface area contributed by atoms with Gasteiger partial charge in [-0.3, -0.25) is 4.98 Å². The number of nitrogens with zero attached hydrogens (tertiary/aromatic N) is 1. The fourth-order valence-electron chi connectivity index (χ4n) is 0.817. The highest BCUT2D eigenvalue weighted by Gasteiger charge is 2.19. The summed E-state index contributed by atoms with van der Waals surface area (Å²) in [6, 6.07) is 0.941. The van der Waals surface area contributed by atoms with E-state index in [9.17, 15) is 17.2 Å². The van der Waals surface area contributed by atoms with Gasteiger partial charge in [0.25, 0.3) is 6.43 Å². The van der Waals surface area contributed by atoms with Crippen LogP contribution in [0.5, 0.6) is 0 Å². The Hall–Kier alpha value is -1.08. The van der Waals surface area contributed by atoms with E-state index in [-0.39, 0.29) is 0 Å². The van der Waals surface area contributed by atoms with E-state index in [4.69, 9.17) is 5.14 Å². The monoisotopic (exact) mass is 208 g/mol. The Balaban J connectivity index is 3.37. The zero-order valence-corrected chi connectivity index (χ0v) is 7.13. The van der Waals surface area contributed by atoms with Crippen molar-refractivity contribution in [3.8, 4) is 0 Å². The van der Waals surface area contributed by atoms with Crippen molar-refractivity contribution < 1.29 is 17.2 Å². The van der Waals surface area contributed by atoms with E-state index in [1.54, 1.807) is 0 Å². The Bertz CT molecular complexity index is 405. The number of rotatable bonds is 2. The van der Waals surface area contributed by atoms with Crippen LogP contribution in [0.1, 0.15) is 12.0 Å². The second kappa shape index (κ2) is 3.35. The molecule has 1 heterocycles. The molecular formula is C6H6F2N2O2S. The number of aromatic nitrogens is 1. The first-order chi connectivity index (χ1) is 5.93. The summed E-state index contributed by atoms with van der Waals surface area (Å²) in [6.07, 6.45) is -1.03. The number of halogens is 2. The van der Waals surface area contributed by atoms with E-state index in [2.05, 4.69) is 4.98 Å². The van der Waals surface area contributed by atoms with Crippen LogP contribution in [0.15, 0.2) is 23.4 Å². The molecule has 4 nitrogen and oxygen atoms in total. The van der Waals surface area contributed by atoms with Gasteiger partial charge in [0.1, 0.15) is 0 Å². The van der Waals surface area contributed by atoms with Gasteiger partial charge in [0.15, 0.2) is 0 Å². The topological polar surface area (TPSA) is 73.1 Å². The fourth-order valence-corrected chi connectivity index (χ4v) is 1.54. The van der Waals surface area contributed by atoms with Crippen LogP contribution in [-0.2, 0) is 10.0 Å². The Morgan fingerprint density at radius 3 is 2.46 bits per heavy atom. The highest BCUT2D eigenvalue weighted by atomic mass is 32.2. The minimum atomic E-state index is -4.10. The van der Waals surface area contributed by atoms with Gasteiger partial charge in [-0.2, -0.15) is 0 Å². The first-order valence-electron chi connectivity index (χ1n) is 3.18. The van der Waals surface area contributed by atoms with Gasteiger partial charge in [0.05, 0.1) is 10.5 Å². The minimum Gasteiger partial charge on any atom is -0.264 e. The molecule has 0 bridgehead atoms. The normalized spacial score (nSPS) is 12.0. The predicted octanol–water partition coefficient (Wildman–Crippen LogP) is 0.667. The molecule has 0 saturated heterocycles. The molecule has 0 unspecified atom stereocenters. The Kier molecular flexibility index (Phi) is 2.58. The standard InChI is InChI=1S/C6H6F2N2O2S/c7-6(8)4-3-10-2-1-5(4)13(9,11)12/h1-3,6H,(H2,9,11,12). The van der Waals surface area contributed by atoms with Gasteiger partial charge in [-0.15, -0.1) is 0 Å². The van der Waals surface area contributed by atoms with Crippen molar-refractivity contribution in [2.45, 2.75) is 11.3 Å².